The Kier molecular flexibility index (Phi) is 2.92. The molecule has 0 aliphatic heterocycles. The standard InChI is InChI=1S/C14H22N2O/c1-14(2)12(13(14)15)9-5-6-11(17)10(7-9)8-16(3)4/h5-7,12-13,17H,8,15H2,1-4H3/t12-,13-/m0/s1. The lowest BCUT2D eigenvalue weighted by atomic mass is 10.0. The van der Waals surface area contributed by atoms with E-state index in [1.165, 1.54) is 5.56 Å². The summed E-state index contributed by atoms with van der Waals surface area (Å²) in [6.07, 6.45) is 0. The molecular formula is C14H22N2O. The van der Waals surface area contributed by atoms with Crippen molar-refractivity contribution < 1.29 is 5.11 Å². The average Bonchev–Trinajstić information content (AvgIpc) is 2.70. The molecule has 0 saturated heterocycles. The lowest BCUT2D eigenvalue weighted by Crippen LogP contribution is -2.11. The molecule has 2 atom stereocenters. The summed E-state index contributed by atoms with van der Waals surface area (Å²) in [7, 11) is 4.00. The Labute approximate surface area is 103 Å². The van der Waals surface area contributed by atoms with Crippen LogP contribution in [0.15, 0.2) is 18.2 Å². The summed E-state index contributed by atoms with van der Waals surface area (Å²) >= 11 is 0. The van der Waals surface area contributed by atoms with Gasteiger partial charge in [-0.1, -0.05) is 26.0 Å². The van der Waals surface area contributed by atoms with Crippen molar-refractivity contribution in [1.82, 2.24) is 4.90 Å². The van der Waals surface area contributed by atoms with Crippen LogP contribution in [0.1, 0.15) is 30.9 Å². The van der Waals surface area contributed by atoms with Gasteiger partial charge in [-0.3, -0.25) is 0 Å². The van der Waals surface area contributed by atoms with E-state index in [0.717, 1.165) is 12.1 Å². The molecule has 1 saturated carbocycles. The number of benzene rings is 1. The number of nitrogens with two attached hydrogens (primary N) is 1. The van der Waals surface area contributed by atoms with Crippen molar-refractivity contribution >= 4 is 0 Å². The summed E-state index contributed by atoms with van der Waals surface area (Å²) < 4.78 is 0. The Morgan fingerprint density at radius 2 is 1.94 bits per heavy atom. The minimum absolute atomic E-state index is 0.187. The van der Waals surface area contributed by atoms with E-state index in [0.29, 0.717) is 11.7 Å². The molecule has 1 aromatic carbocycles. The van der Waals surface area contributed by atoms with Crippen molar-refractivity contribution in [1.29, 1.82) is 0 Å². The first kappa shape index (κ1) is 12.4. The van der Waals surface area contributed by atoms with E-state index in [-0.39, 0.29) is 11.5 Å². The van der Waals surface area contributed by atoms with Crippen molar-refractivity contribution in [2.75, 3.05) is 14.1 Å². The summed E-state index contributed by atoms with van der Waals surface area (Å²) in [6.45, 7) is 5.14. The molecule has 3 nitrogen and oxygen atoms in total. The molecule has 0 bridgehead atoms. The number of aromatic hydroxyl groups is 1. The van der Waals surface area contributed by atoms with Gasteiger partial charge in [-0.2, -0.15) is 0 Å². The van der Waals surface area contributed by atoms with Gasteiger partial charge in [0, 0.05) is 24.1 Å². The second-order valence-electron chi connectivity index (χ2n) is 5.95. The van der Waals surface area contributed by atoms with Crippen LogP contribution in [0, 0.1) is 5.41 Å². The maximum absolute atomic E-state index is 9.82. The molecule has 0 unspecified atom stereocenters. The van der Waals surface area contributed by atoms with Crippen molar-refractivity contribution in [3.63, 3.8) is 0 Å². The Hall–Kier alpha value is -1.06. The second-order valence-corrected chi connectivity index (χ2v) is 5.95. The lowest BCUT2D eigenvalue weighted by molar-refractivity contribution is 0.385. The summed E-state index contributed by atoms with van der Waals surface area (Å²) in [5.74, 6) is 0.790. The Bertz CT molecular complexity index is 426. The third kappa shape index (κ3) is 2.17. The van der Waals surface area contributed by atoms with Crippen LogP contribution in [0.2, 0.25) is 0 Å². The first-order valence-electron chi connectivity index (χ1n) is 6.06. The van der Waals surface area contributed by atoms with Gasteiger partial charge in [0.2, 0.25) is 0 Å². The first-order chi connectivity index (χ1) is 7.84. The predicted molar refractivity (Wildman–Crippen MR) is 70.0 cm³/mol. The van der Waals surface area contributed by atoms with Crippen molar-refractivity contribution in [2.45, 2.75) is 32.4 Å². The predicted octanol–water partition coefficient (Wildman–Crippen LogP) is 1.90. The fourth-order valence-corrected chi connectivity index (χ4v) is 2.58. The van der Waals surface area contributed by atoms with Gasteiger partial charge < -0.3 is 15.7 Å². The molecule has 2 rings (SSSR count). The molecule has 0 spiro atoms. The summed E-state index contributed by atoms with van der Waals surface area (Å²) in [5, 5.41) is 9.82. The zero-order valence-electron chi connectivity index (χ0n) is 11.1. The Balaban J connectivity index is 2.26. The normalized spacial score (nSPS) is 26.2. The molecule has 3 N–H and O–H groups in total. The van der Waals surface area contributed by atoms with E-state index >= 15 is 0 Å². The van der Waals surface area contributed by atoms with E-state index in [2.05, 4.69) is 24.8 Å². The Morgan fingerprint density at radius 3 is 2.41 bits per heavy atom. The van der Waals surface area contributed by atoms with Gasteiger partial charge in [0.1, 0.15) is 5.75 Å². The SMILES string of the molecule is CN(C)Cc1cc([C@H]2[C@H](N)C2(C)C)ccc1O. The highest BCUT2D eigenvalue weighted by Crippen LogP contribution is 2.57. The molecule has 1 aromatic rings. The number of phenolic OH excluding ortho intramolecular Hbond substituents is 1. The second kappa shape index (κ2) is 4.00. The summed E-state index contributed by atoms with van der Waals surface area (Å²) in [6, 6.07) is 6.11. The van der Waals surface area contributed by atoms with Gasteiger partial charge >= 0.3 is 0 Å². The zero-order valence-corrected chi connectivity index (χ0v) is 11.1. The molecule has 1 aliphatic carbocycles. The van der Waals surface area contributed by atoms with Crippen LogP contribution < -0.4 is 5.73 Å². The van der Waals surface area contributed by atoms with E-state index in [1.807, 2.05) is 20.2 Å². The monoisotopic (exact) mass is 234 g/mol. The fraction of sp³-hybridized carbons (Fsp3) is 0.571. The van der Waals surface area contributed by atoms with E-state index in [4.69, 9.17) is 5.73 Å². The number of phenols is 1. The summed E-state index contributed by atoms with van der Waals surface area (Å²) in [4.78, 5) is 2.05. The number of hydrogen-bond donors (Lipinski definition) is 2. The minimum Gasteiger partial charge on any atom is -0.508 e. The smallest absolute Gasteiger partial charge is 0.120 e. The van der Waals surface area contributed by atoms with Gasteiger partial charge in [-0.05, 0) is 31.1 Å². The van der Waals surface area contributed by atoms with Crippen molar-refractivity contribution in [3.8, 4) is 5.75 Å². The third-order valence-corrected chi connectivity index (χ3v) is 3.86. The maximum atomic E-state index is 9.82. The molecule has 1 aliphatic rings. The van der Waals surface area contributed by atoms with Gasteiger partial charge in [0.25, 0.3) is 0 Å². The first-order valence-corrected chi connectivity index (χ1v) is 6.06. The van der Waals surface area contributed by atoms with Crippen molar-refractivity contribution in [3.05, 3.63) is 29.3 Å². The van der Waals surface area contributed by atoms with Crippen LogP contribution in [0.25, 0.3) is 0 Å². The highest BCUT2D eigenvalue weighted by Gasteiger charge is 2.56. The molecule has 1 fully saturated rings. The molecule has 3 heteroatoms. The highest BCUT2D eigenvalue weighted by atomic mass is 16.3. The van der Waals surface area contributed by atoms with Crippen LogP contribution in [-0.2, 0) is 6.54 Å². The van der Waals surface area contributed by atoms with Crippen LogP contribution in [0.4, 0.5) is 0 Å². The zero-order chi connectivity index (χ0) is 12.8. The number of nitrogens with zero attached hydrogens (tertiary/aromatic N) is 1. The third-order valence-electron chi connectivity index (χ3n) is 3.86. The van der Waals surface area contributed by atoms with E-state index in [9.17, 15) is 5.11 Å². The summed E-state index contributed by atoms with van der Waals surface area (Å²) in [5.41, 5.74) is 8.50. The largest absolute Gasteiger partial charge is 0.508 e. The van der Waals surface area contributed by atoms with E-state index in [1.54, 1.807) is 6.07 Å². The van der Waals surface area contributed by atoms with Crippen LogP contribution in [-0.4, -0.2) is 30.1 Å². The molecule has 0 aromatic heterocycles. The molecular weight excluding hydrogens is 212 g/mol. The van der Waals surface area contributed by atoms with E-state index < -0.39 is 0 Å². The quantitative estimate of drug-likeness (QED) is 0.840. The fourth-order valence-electron chi connectivity index (χ4n) is 2.58. The van der Waals surface area contributed by atoms with Gasteiger partial charge in [-0.25, -0.2) is 0 Å². The molecule has 0 amide bonds. The van der Waals surface area contributed by atoms with Crippen LogP contribution >= 0.6 is 0 Å². The highest BCUT2D eigenvalue weighted by molar-refractivity contribution is 5.42. The number of hydrogen-bond acceptors (Lipinski definition) is 3. The molecule has 17 heavy (non-hydrogen) atoms. The average molecular weight is 234 g/mol. The number of rotatable bonds is 3. The van der Waals surface area contributed by atoms with Crippen LogP contribution in [0.5, 0.6) is 5.75 Å². The van der Waals surface area contributed by atoms with Crippen LogP contribution in [0.3, 0.4) is 0 Å². The topological polar surface area (TPSA) is 49.5 Å². The van der Waals surface area contributed by atoms with Gasteiger partial charge in [-0.15, -0.1) is 0 Å². The molecule has 0 heterocycles. The minimum atomic E-state index is 0.187. The van der Waals surface area contributed by atoms with Crippen molar-refractivity contribution in [2.24, 2.45) is 11.1 Å². The van der Waals surface area contributed by atoms with Gasteiger partial charge in [0.05, 0.1) is 0 Å². The lowest BCUT2D eigenvalue weighted by Gasteiger charge is -2.13. The Morgan fingerprint density at radius 1 is 1.35 bits per heavy atom. The van der Waals surface area contributed by atoms with Gasteiger partial charge in [0.15, 0.2) is 0 Å². The molecule has 94 valence electrons. The molecule has 0 radical (unpaired) electrons. The maximum Gasteiger partial charge on any atom is 0.120 e.